The Kier molecular flexibility index (Phi) is 5.85. The van der Waals surface area contributed by atoms with E-state index in [1.807, 2.05) is 52.0 Å². The lowest BCUT2D eigenvalue weighted by Crippen LogP contribution is -2.48. The van der Waals surface area contributed by atoms with Crippen LogP contribution >= 0.6 is 23.2 Å². The maximum absolute atomic E-state index is 12.8. The van der Waals surface area contributed by atoms with Crippen LogP contribution in [0.5, 0.6) is 0 Å². The van der Waals surface area contributed by atoms with E-state index in [1.54, 1.807) is 15.5 Å². The van der Waals surface area contributed by atoms with Crippen LogP contribution in [0.4, 0.5) is 4.79 Å². The molecule has 0 radical (unpaired) electrons. The fraction of sp³-hybridized carbons (Fsp3) is 0.409. The second kappa shape index (κ2) is 8.30. The highest BCUT2D eigenvalue weighted by molar-refractivity contribution is 6.36. The molecule has 1 amide bonds. The van der Waals surface area contributed by atoms with E-state index in [4.69, 9.17) is 32.7 Å². The van der Waals surface area contributed by atoms with E-state index in [1.165, 1.54) is 6.33 Å². The Morgan fingerprint density at radius 1 is 1.19 bits per heavy atom. The number of halogens is 2. The number of morpholine rings is 1. The molecule has 7 nitrogen and oxygen atoms in total. The average molecular weight is 463 g/mol. The van der Waals surface area contributed by atoms with Gasteiger partial charge in [0.1, 0.15) is 22.2 Å². The smallest absolute Gasteiger partial charge is 0.410 e. The van der Waals surface area contributed by atoms with E-state index in [-0.39, 0.29) is 18.2 Å². The molecular weight excluding hydrogens is 439 g/mol. The lowest BCUT2D eigenvalue weighted by atomic mass is 10.0. The topological polar surface area (TPSA) is 69.5 Å². The van der Waals surface area contributed by atoms with Gasteiger partial charge in [0, 0.05) is 5.69 Å². The summed E-state index contributed by atoms with van der Waals surface area (Å²) in [5, 5.41) is 1.52. The van der Waals surface area contributed by atoms with Gasteiger partial charge in [-0.2, -0.15) is 0 Å². The van der Waals surface area contributed by atoms with Gasteiger partial charge in [-0.15, -0.1) is 0 Å². The second-order valence-electron chi connectivity index (χ2n) is 8.59. The first kappa shape index (κ1) is 21.9. The molecule has 0 aliphatic carbocycles. The predicted octanol–water partition coefficient (Wildman–Crippen LogP) is 5.42. The number of nitrogens with zero attached hydrogens (tertiary/aromatic N) is 4. The molecule has 164 valence electrons. The third kappa shape index (κ3) is 4.49. The highest BCUT2D eigenvalue weighted by Crippen LogP contribution is 2.32. The Bertz CT molecular complexity index is 1110. The molecule has 0 bridgehead atoms. The lowest BCUT2D eigenvalue weighted by molar-refractivity contribution is -0.0644. The Hall–Kier alpha value is -2.35. The van der Waals surface area contributed by atoms with Crippen molar-refractivity contribution in [3.8, 4) is 5.69 Å². The van der Waals surface area contributed by atoms with Crippen LogP contribution in [0.2, 0.25) is 10.3 Å². The highest BCUT2D eigenvalue weighted by atomic mass is 35.5. The fourth-order valence-corrected chi connectivity index (χ4v) is 4.11. The van der Waals surface area contributed by atoms with Crippen LogP contribution in [0, 0.1) is 0 Å². The molecule has 2 atom stereocenters. The molecule has 1 aliphatic heterocycles. The number of fused-ring (bicyclic) bond motifs is 1. The molecule has 3 heterocycles. The van der Waals surface area contributed by atoms with Crippen molar-refractivity contribution in [2.45, 2.75) is 45.4 Å². The molecule has 3 aromatic rings. The van der Waals surface area contributed by atoms with E-state index in [2.05, 4.69) is 9.97 Å². The fourth-order valence-electron chi connectivity index (χ4n) is 3.64. The Morgan fingerprint density at radius 2 is 1.90 bits per heavy atom. The molecule has 1 fully saturated rings. The van der Waals surface area contributed by atoms with Crippen LogP contribution in [0.1, 0.15) is 39.3 Å². The minimum Gasteiger partial charge on any atom is -0.444 e. The van der Waals surface area contributed by atoms with Gasteiger partial charge in [-0.1, -0.05) is 35.3 Å². The van der Waals surface area contributed by atoms with Crippen molar-refractivity contribution in [1.82, 2.24) is 19.4 Å². The quantitative estimate of drug-likeness (QED) is 0.475. The molecule has 4 rings (SSSR count). The molecule has 0 unspecified atom stereocenters. The van der Waals surface area contributed by atoms with Gasteiger partial charge in [-0.25, -0.2) is 14.8 Å². The molecule has 0 spiro atoms. The third-order valence-electron chi connectivity index (χ3n) is 5.04. The van der Waals surface area contributed by atoms with E-state index in [0.717, 1.165) is 11.3 Å². The van der Waals surface area contributed by atoms with Crippen molar-refractivity contribution in [1.29, 1.82) is 0 Å². The number of carbonyl (C=O) groups is 1. The Labute approximate surface area is 190 Å². The summed E-state index contributed by atoms with van der Waals surface area (Å²) >= 11 is 12.6. The first-order valence-corrected chi connectivity index (χ1v) is 10.8. The van der Waals surface area contributed by atoms with Crippen LogP contribution in [0.25, 0.3) is 16.7 Å². The standard InChI is InChI=1S/C22H24Cl2N4O3/c1-13-10-27(21(29)31-22(2,3)4)17(11-30-13)14-5-7-15(8-6-14)28-18(23)9-16-19(24)25-12-26-20(16)28/h5-9,12-13,17H,10-11H2,1-4H3/t13-,17+/m0/s1. The van der Waals surface area contributed by atoms with Gasteiger partial charge in [0.2, 0.25) is 0 Å². The number of hydrogen-bond donors (Lipinski definition) is 0. The molecule has 1 saturated heterocycles. The SMILES string of the molecule is C[C@H]1CN(C(=O)OC(C)(C)C)[C@@H](c2ccc(-n3c(Cl)cc4c(Cl)ncnc43)cc2)CO1. The molecular formula is C22H24Cl2N4O3. The maximum Gasteiger partial charge on any atom is 0.410 e. The van der Waals surface area contributed by atoms with Crippen LogP contribution in [0.15, 0.2) is 36.7 Å². The van der Waals surface area contributed by atoms with Gasteiger partial charge >= 0.3 is 6.09 Å². The van der Waals surface area contributed by atoms with E-state index >= 15 is 0 Å². The van der Waals surface area contributed by atoms with Crippen molar-refractivity contribution in [3.63, 3.8) is 0 Å². The van der Waals surface area contributed by atoms with Crippen LogP contribution in [0.3, 0.4) is 0 Å². The summed E-state index contributed by atoms with van der Waals surface area (Å²) in [7, 11) is 0. The normalized spacial score (nSPS) is 19.6. The van der Waals surface area contributed by atoms with Crippen LogP contribution < -0.4 is 0 Å². The minimum atomic E-state index is -0.567. The van der Waals surface area contributed by atoms with Crippen LogP contribution in [-0.4, -0.2) is 50.4 Å². The summed E-state index contributed by atoms with van der Waals surface area (Å²) in [6.07, 6.45) is 1.01. The number of hydrogen-bond acceptors (Lipinski definition) is 5. The number of benzene rings is 1. The highest BCUT2D eigenvalue weighted by Gasteiger charge is 2.34. The van der Waals surface area contributed by atoms with Crippen LogP contribution in [-0.2, 0) is 9.47 Å². The molecule has 31 heavy (non-hydrogen) atoms. The summed E-state index contributed by atoms with van der Waals surface area (Å²) in [5.41, 5.74) is 1.83. The molecule has 2 aromatic heterocycles. The molecule has 0 N–H and O–H groups in total. The number of carbonyl (C=O) groups excluding carboxylic acids is 1. The van der Waals surface area contributed by atoms with E-state index in [9.17, 15) is 4.79 Å². The zero-order valence-electron chi connectivity index (χ0n) is 17.8. The zero-order valence-corrected chi connectivity index (χ0v) is 19.3. The Balaban J connectivity index is 1.65. The van der Waals surface area contributed by atoms with Gasteiger partial charge < -0.3 is 9.47 Å². The summed E-state index contributed by atoms with van der Waals surface area (Å²) in [6.45, 7) is 8.39. The van der Waals surface area contributed by atoms with Crippen molar-refractivity contribution in [2.75, 3.05) is 13.2 Å². The number of ether oxygens (including phenoxy) is 2. The monoisotopic (exact) mass is 462 g/mol. The van der Waals surface area contributed by atoms with Gasteiger partial charge in [-0.05, 0) is 51.5 Å². The minimum absolute atomic E-state index is 0.0579. The number of rotatable bonds is 2. The van der Waals surface area contributed by atoms with Crippen molar-refractivity contribution in [2.24, 2.45) is 0 Å². The Morgan fingerprint density at radius 3 is 2.58 bits per heavy atom. The van der Waals surface area contributed by atoms with Gasteiger partial charge in [0.05, 0.1) is 30.7 Å². The summed E-state index contributed by atoms with van der Waals surface area (Å²) in [4.78, 5) is 22.9. The van der Waals surface area contributed by atoms with Gasteiger partial charge in [-0.3, -0.25) is 9.47 Å². The largest absolute Gasteiger partial charge is 0.444 e. The van der Waals surface area contributed by atoms with Gasteiger partial charge in [0.15, 0.2) is 5.65 Å². The zero-order chi connectivity index (χ0) is 22.3. The summed E-state index contributed by atoms with van der Waals surface area (Å²) in [5.74, 6) is 0. The van der Waals surface area contributed by atoms with Gasteiger partial charge in [0.25, 0.3) is 0 Å². The average Bonchev–Trinajstić information content (AvgIpc) is 3.04. The van der Waals surface area contributed by atoms with Crippen molar-refractivity contribution < 1.29 is 14.3 Å². The number of amides is 1. The van der Waals surface area contributed by atoms with Crippen molar-refractivity contribution in [3.05, 3.63) is 52.5 Å². The first-order valence-electron chi connectivity index (χ1n) is 10.0. The molecule has 0 saturated carbocycles. The predicted molar refractivity (Wildman–Crippen MR) is 120 cm³/mol. The van der Waals surface area contributed by atoms with E-state index < -0.39 is 5.60 Å². The summed E-state index contributed by atoms with van der Waals surface area (Å²) < 4.78 is 13.3. The molecule has 9 heteroatoms. The van der Waals surface area contributed by atoms with Crippen molar-refractivity contribution >= 4 is 40.3 Å². The second-order valence-corrected chi connectivity index (χ2v) is 9.33. The number of aromatic nitrogens is 3. The third-order valence-corrected chi connectivity index (χ3v) is 5.62. The molecule has 1 aromatic carbocycles. The maximum atomic E-state index is 12.8. The first-order chi connectivity index (χ1) is 14.6. The summed E-state index contributed by atoms with van der Waals surface area (Å²) in [6, 6.07) is 9.29. The lowest BCUT2D eigenvalue weighted by Gasteiger charge is -2.39. The van der Waals surface area contributed by atoms with E-state index in [0.29, 0.717) is 34.5 Å². The molecule has 1 aliphatic rings.